The fourth-order valence-electron chi connectivity index (χ4n) is 3.67. The Morgan fingerprint density at radius 3 is 2.77 bits per heavy atom. The van der Waals surface area contributed by atoms with Crippen LogP contribution in [0.25, 0.3) is 0 Å². The van der Waals surface area contributed by atoms with Gasteiger partial charge < -0.3 is 30.9 Å². The minimum absolute atomic E-state index is 0.00860. The molecule has 1 aliphatic heterocycles. The molecule has 1 aromatic rings. The summed E-state index contributed by atoms with van der Waals surface area (Å²) < 4.78 is 24.5. The standard InChI is InChI=1S/C21H25ClFN3O5/c1-20(2,3)31-19(28)25-9-10-7-14(24)16-15(17(10)30-4)18(27)26-21(16,29)12-8-11(23)5-6-13(12)22/h5,7-8,13,29H,6,9,24H2,1-4H3,(H,25,28)(H,26,27). The molecular formula is C21H25ClFN3O5. The summed E-state index contributed by atoms with van der Waals surface area (Å²) in [6.07, 6.45) is 1.86. The van der Waals surface area contributed by atoms with Crippen molar-refractivity contribution in [3.63, 3.8) is 0 Å². The smallest absolute Gasteiger partial charge is 0.407 e. The molecule has 2 amide bonds. The Labute approximate surface area is 184 Å². The lowest BCUT2D eigenvalue weighted by Gasteiger charge is -2.32. The Kier molecular flexibility index (Phi) is 5.94. The van der Waals surface area contributed by atoms with Gasteiger partial charge >= 0.3 is 6.09 Å². The van der Waals surface area contributed by atoms with Gasteiger partial charge in [0.1, 0.15) is 17.2 Å². The van der Waals surface area contributed by atoms with Crippen LogP contribution >= 0.6 is 11.6 Å². The molecule has 168 valence electrons. The molecule has 1 heterocycles. The third-order valence-corrected chi connectivity index (χ3v) is 5.28. The highest BCUT2D eigenvalue weighted by molar-refractivity contribution is 6.23. The quantitative estimate of drug-likeness (QED) is 0.410. The van der Waals surface area contributed by atoms with Crippen LogP contribution in [0.1, 0.15) is 48.7 Å². The summed E-state index contributed by atoms with van der Waals surface area (Å²) in [6.45, 7) is 5.15. The molecule has 1 aliphatic carbocycles. The van der Waals surface area contributed by atoms with Gasteiger partial charge in [-0.3, -0.25) is 4.79 Å². The Balaban J connectivity index is 2.03. The molecule has 0 bridgehead atoms. The summed E-state index contributed by atoms with van der Waals surface area (Å²) >= 11 is 6.30. The highest BCUT2D eigenvalue weighted by Gasteiger charge is 2.50. The molecule has 10 heteroatoms. The molecule has 1 aromatic carbocycles. The largest absolute Gasteiger partial charge is 0.496 e. The second kappa shape index (κ2) is 8.05. The molecular weight excluding hydrogens is 429 g/mol. The van der Waals surface area contributed by atoms with Crippen molar-refractivity contribution >= 4 is 29.3 Å². The van der Waals surface area contributed by atoms with Gasteiger partial charge in [-0.15, -0.1) is 11.6 Å². The van der Waals surface area contributed by atoms with Crippen molar-refractivity contribution in [3.8, 4) is 5.75 Å². The van der Waals surface area contributed by atoms with Crippen molar-refractivity contribution in [2.24, 2.45) is 0 Å². The first-order valence-corrected chi connectivity index (χ1v) is 10.0. The first kappa shape index (κ1) is 22.9. The molecule has 2 atom stereocenters. The number of nitrogens with one attached hydrogen (secondary N) is 2. The fourth-order valence-corrected chi connectivity index (χ4v) is 3.98. The van der Waals surface area contributed by atoms with Crippen molar-refractivity contribution in [1.82, 2.24) is 10.6 Å². The van der Waals surface area contributed by atoms with Gasteiger partial charge in [0, 0.05) is 28.9 Å². The predicted molar refractivity (Wildman–Crippen MR) is 113 cm³/mol. The van der Waals surface area contributed by atoms with Crippen LogP contribution in [-0.4, -0.2) is 35.2 Å². The van der Waals surface area contributed by atoms with Gasteiger partial charge in [0.2, 0.25) is 0 Å². The maximum absolute atomic E-state index is 13.9. The second-order valence-corrected chi connectivity index (χ2v) is 8.85. The molecule has 31 heavy (non-hydrogen) atoms. The molecule has 0 saturated heterocycles. The van der Waals surface area contributed by atoms with E-state index in [-0.39, 0.29) is 41.1 Å². The van der Waals surface area contributed by atoms with Gasteiger partial charge in [0.25, 0.3) is 5.91 Å². The molecule has 3 rings (SSSR count). The lowest BCUT2D eigenvalue weighted by Crippen LogP contribution is -2.44. The minimum atomic E-state index is -2.10. The number of carbonyl (C=O) groups is 2. The van der Waals surface area contributed by atoms with E-state index < -0.39 is 34.5 Å². The van der Waals surface area contributed by atoms with Crippen LogP contribution in [0.5, 0.6) is 5.75 Å². The molecule has 0 saturated carbocycles. The molecule has 0 radical (unpaired) electrons. The van der Waals surface area contributed by atoms with Crippen LogP contribution < -0.4 is 21.1 Å². The number of fused-ring (bicyclic) bond motifs is 1. The van der Waals surface area contributed by atoms with E-state index in [2.05, 4.69) is 10.6 Å². The number of benzene rings is 1. The highest BCUT2D eigenvalue weighted by atomic mass is 35.5. The number of aliphatic hydroxyl groups is 1. The zero-order valence-corrected chi connectivity index (χ0v) is 18.4. The normalized spacial score (nSPS) is 22.8. The third-order valence-electron chi connectivity index (χ3n) is 4.87. The average Bonchev–Trinajstić information content (AvgIpc) is 2.93. The first-order valence-electron chi connectivity index (χ1n) is 9.60. The highest BCUT2D eigenvalue weighted by Crippen LogP contribution is 2.47. The number of amides is 2. The van der Waals surface area contributed by atoms with Crippen LogP contribution in [0.4, 0.5) is 14.9 Å². The SMILES string of the molecule is COc1c(CNC(=O)OC(C)(C)C)cc(N)c2c1C(=O)NC2(O)C1=CC(F)=CCC1Cl. The van der Waals surface area contributed by atoms with Gasteiger partial charge in [0.15, 0.2) is 5.72 Å². The van der Waals surface area contributed by atoms with Gasteiger partial charge in [0.05, 0.1) is 18.1 Å². The summed E-state index contributed by atoms with van der Waals surface area (Å²) in [7, 11) is 1.35. The number of halogens is 2. The second-order valence-electron chi connectivity index (χ2n) is 8.32. The predicted octanol–water partition coefficient (Wildman–Crippen LogP) is 2.98. The lowest BCUT2D eigenvalue weighted by molar-refractivity contribution is 0.0423. The Morgan fingerprint density at radius 2 is 2.16 bits per heavy atom. The van der Waals surface area contributed by atoms with E-state index >= 15 is 0 Å². The molecule has 2 unspecified atom stereocenters. The average molecular weight is 454 g/mol. The molecule has 5 N–H and O–H groups in total. The molecule has 0 fully saturated rings. The number of rotatable bonds is 4. The van der Waals surface area contributed by atoms with E-state index in [0.717, 1.165) is 6.08 Å². The fraction of sp³-hybridized carbons (Fsp3) is 0.429. The lowest BCUT2D eigenvalue weighted by atomic mass is 9.86. The minimum Gasteiger partial charge on any atom is -0.496 e. The zero-order chi connectivity index (χ0) is 23.1. The maximum Gasteiger partial charge on any atom is 0.407 e. The maximum atomic E-state index is 13.9. The summed E-state index contributed by atoms with van der Waals surface area (Å²) in [6, 6.07) is 1.47. The molecule has 2 aliphatic rings. The van der Waals surface area contributed by atoms with Crippen LogP contribution in [0, 0.1) is 0 Å². The zero-order valence-electron chi connectivity index (χ0n) is 17.6. The Morgan fingerprint density at radius 1 is 1.48 bits per heavy atom. The van der Waals surface area contributed by atoms with Crippen molar-refractivity contribution in [2.45, 2.75) is 50.4 Å². The summed E-state index contributed by atoms with van der Waals surface area (Å²) in [5.41, 5.74) is 3.95. The summed E-state index contributed by atoms with van der Waals surface area (Å²) in [5, 5.41) is 15.6. The van der Waals surface area contributed by atoms with Crippen molar-refractivity contribution in [1.29, 1.82) is 0 Å². The number of carbonyl (C=O) groups excluding carboxylic acids is 2. The van der Waals surface area contributed by atoms with Gasteiger partial charge in [-0.1, -0.05) is 0 Å². The number of hydrogen-bond donors (Lipinski definition) is 4. The van der Waals surface area contributed by atoms with Gasteiger partial charge in [-0.25, -0.2) is 9.18 Å². The number of anilines is 1. The number of hydrogen-bond acceptors (Lipinski definition) is 6. The topological polar surface area (TPSA) is 123 Å². The molecule has 0 aromatic heterocycles. The third kappa shape index (κ3) is 4.33. The summed E-state index contributed by atoms with van der Waals surface area (Å²) in [5.74, 6) is -1.13. The van der Waals surface area contributed by atoms with E-state index in [4.69, 9.17) is 26.8 Å². The van der Waals surface area contributed by atoms with Crippen LogP contribution in [0.15, 0.2) is 29.6 Å². The Hall–Kier alpha value is -2.78. The van der Waals surface area contributed by atoms with E-state index in [9.17, 15) is 19.1 Å². The van der Waals surface area contributed by atoms with Gasteiger partial charge in [-0.2, -0.15) is 0 Å². The first-order chi connectivity index (χ1) is 14.4. The monoisotopic (exact) mass is 453 g/mol. The van der Waals surface area contributed by atoms with Crippen molar-refractivity contribution < 1.29 is 28.6 Å². The number of nitrogen functional groups attached to an aromatic ring is 1. The number of nitrogens with two attached hydrogens (primary N) is 1. The van der Waals surface area contributed by atoms with E-state index in [1.807, 2.05) is 0 Å². The van der Waals surface area contributed by atoms with E-state index in [1.165, 1.54) is 19.3 Å². The van der Waals surface area contributed by atoms with Crippen LogP contribution in [-0.2, 0) is 17.0 Å². The molecule has 0 spiro atoms. The summed E-state index contributed by atoms with van der Waals surface area (Å²) in [4.78, 5) is 24.8. The number of allylic oxidation sites excluding steroid dienone is 3. The number of ether oxygens (including phenoxy) is 2. The van der Waals surface area contributed by atoms with Crippen LogP contribution in [0.2, 0.25) is 0 Å². The van der Waals surface area contributed by atoms with Crippen molar-refractivity contribution in [3.05, 3.63) is 46.3 Å². The Bertz CT molecular complexity index is 1000. The van der Waals surface area contributed by atoms with Gasteiger partial charge in [-0.05, 0) is 45.4 Å². The van der Waals surface area contributed by atoms with Crippen LogP contribution in [0.3, 0.4) is 0 Å². The number of alkyl halides is 1. The number of alkyl carbamates (subject to hydrolysis) is 1. The van der Waals surface area contributed by atoms with Crippen molar-refractivity contribution in [2.75, 3.05) is 12.8 Å². The van der Waals surface area contributed by atoms with E-state index in [0.29, 0.717) is 5.56 Å². The van der Waals surface area contributed by atoms with E-state index in [1.54, 1.807) is 20.8 Å². The number of methoxy groups -OCH3 is 1. The molecule has 8 nitrogen and oxygen atoms in total.